The summed E-state index contributed by atoms with van der Waals surface area (Å²) in [4.78, 5) is 2.13. The van der Waals surface area contributed by atoms with Gasteiger partial charge in [-0.1, -0.05) is 13.8 Å². The molecule has 0 atom stereocenters. The van der Waals surface area contributed by atoms with Gasteiger partial charge in [0.25, 0.3) is 0 Å². The topological polar surface area (TPSA) is 50.3 Å². The maximum atomic E-state index is 5.69. The summed E-state index contributed by atoms with van der Waals surface area (Å²) in [5.41, 5.74) is 0.906. The molecule has 0 spiro atoms. The van der Waals surface area contributed by atoms with Gasteiger partial charge in [-0.3, -0.25) is 0 Å². The Morgan fingerprint density at radius 1 is 1.25 bits per heavy atom. The molecule has 1 rings (SSSR count). The molecule has 5 heteroatoms. The van der Waals surface area contributed by atoms with Gasteiger partial charge in [-0.2, -0.15) is 5.10 Å². The fourth-order valence-electron chi connectivity index (χ4n) is 1.39. The van der Waals surface area contributed by atoms with Crippen molar-refractivity contribution < 1.29 is 4.74 Å². The van der Waals surface area contributed by atoms with E-state index < -0.39 is 0 Å². The number of hydrogen-bond acceptors (Lipinski definition) is 5. The van der Waals surface area contributed by atoms with E-state index in [0.717, 1.165) is 18.8 Å². The summed E-state index contributed by atoms with van der Waals surface area (Å²) in [5.74, 6) is 1.21. The van der Waals surface area contributed by atoms with E-state index in [2.05, 4.69) is 48.1 Å². The van der Waals surface area contributed by atoms with Gasteiger partial charge in [0.1, 0.15) is 6.61 Å². The molecule has 1 aromatic heterocycles. The fraction of sp³-hybridized carbons (Fsp3) is 0.733. The van der Waals surface area contributed by atoms with Crippen LogP contribution in [-0.4, -0.2) is 47.9 Å². The molecule has 1 N–H and O–H groups in total. The second-order valence-electron chi connectivity index (χ2n) is 6.38. The van der Waals surface area contributed by atoms with Gasteiger partial charge < -0.3 is 15.0 Å². The van der Waals surface area contributed by atoms with Crippen LogP contribution in [0.15, 0.2) is 12.1 Å². The van der Waals surface area contributed by atoms with Gasteiger partial charge in [0.05, 0.1) is 5.69 Å². The highest BCUT2D eigenvalue weighted by atomic mass is 16.5. The van der Waals surface area contributed by atoms with Crippen molar-refractivity contribution in [2.24, 2.45) is 5.92 Å². The first-order chi connectivity index (χ1) is 9.31. The highest BCUT2D eigenvalue weighted by Crippen LogP contribution is 2.13. The van der Waals surface area contributed by atoms with Crippen LogP contribution in [0, 0.1) is 5.92 Å². The van der Waals surface area contributed by atoms with E-state index in [1.54, 1.807) is 0 Å². The van der Waals surface area contributed by atoms with Crippen LogP contribution in [0.2, 0.25) is 0 Å². The van der Waals surface area contributed by atoms with Crippen LogP contribution < -0.4 is 10.1 Å². The molecular formula is C15H28N4O. The zero-order chi connectivity index (χ0) is 15.2. The molecular weight excluding hydrogens is 252 g/mol. The number of nitrogens with one attached hydrogen (secondary N) is 1. The van der Waals surface area contributed by atoms with E-state index in [0.29, 0.717) is 18.4 Å². The normalized spacial score (nSPS) is 12.2. The second-order valence-corrected chi connectivity index (χ2v) is 6.38. The first kappa shape index (κ1) is 16.9. The zero-order valence-electron chi connectivity index (χ0n) is 13.6. The minimum absolute atomic E-state index is 0.0286. The molecule has 0 unspecified atom stereocenters. The van der Waals surface area contributed by atoms with Gasteiger partial charge >= 0.3 is 0 Å². The Hall–Kier alpha value is -1.20. The molecule has 1 aromatic rings. The highest BCUT2D eigenvalue weighted by Gasteiger charge is 2.21. The predicted octanol–water partition coefficient (Wildman–Crippen LogP) is 1.94. The molecule has 0 aromatic carbocycles. The molecule has 20 heavy (non-hydrogen) atoms. The van der Waals surface area contributed by atoms with E-state index in [1.807, 2.05) is 26.2 Å². The van der Waals surface area contributed by atoms with Crippen LogP contribution in [-0.2, 0) is 6.54 Å². The number of nitrogens with zero attached hydrogens (tertiary/aromatic N) is 3. The van der Waals surface area contributed by atoms with Gasteiger partial charge in [-0.15, -0.1) is 5.10 Å². The molecule has 0 radical (unpaired) electrons. The Morgan fingerprint density at radius 3 is 2.45 bits per heavy atom. The number of aromatic nitrogens is 2. The number of hydrogen-bond donors (Lipinski definition) is 1. The van der Waals surface area contributed by atoms with Crippen LogP contribution >= 0.6 is 0 Å². The van der Waals surface area contributed by atoms with Crippen molar-refractivity contribution in [2.45, 2.75) is 39.8 Å². The third-order valence-electron chi connectivity index (χ3n) is 3.34. The lowest BCUT2D eigenvalue weighted by Gasteiger charge is -2.31. The summed E-state index contributed by atoms with van der Waals surface area (Å²) in [5, 5.41) is 11.6. The van der Waals surface area contributed by atoms with Gasteiger partial charge in [0.15, 0.2) is 0 Å². The monoisotopic (exact) mass is 280 g/mol. The van der Waals surface area contributed by atoms with E-state index in [9.17, 15) is 0 Å². The highest BCUT2D eigenvalue weighted by molar-refractivity contribution is 5.11. The zero-order valence-corrected chi connectivity index (χ0v) is 13.6. The Morgan fingerprint density at radius 2 is 1.95 bits per heavy atom. The summed E-state index contributed by atoms with van der Waals surface area (Å²) in [6.07, 6.45) is 0. The molecule has 114 valence electrons. The molecule has 0 aliphatic rings. The first-order valence-corrected chi connectivity index (χ1v) is 7.15. The van der Waals surface area contributed by atoms with Crippen molar-refractivity contribution in [3.8, 4) is 5.88 Å². The van der Waals surface area contributed by atoms with Crippen LogP contribution in [0.5, 0.6) is 5.88 Å². The van der Waals surface area contributed by atoms with Gasteiger partial charge in [0.2, 0.25) is 5.88 Å². The SMILES string of the molecule is CC(C)CNCc1ccc(OCC(C)(C)N(C)C)nn1. The molecule has 1 heterocycles. The Labute approximate surface area is 122 Å². The molecule has 5 nitrogen and oxygen atoms in total. The largest absolute Gasteiger partial charge is 0.475 e. The summed E-state index contributed by atoms with van der Waals surface area (Å²) in [6, 6.07) is 3.84. The summed E-state index contributed by atoms with van der Waals surface area (Å²) in [6.45, 7) is 10.9. The molecule has 0 saturated carbocycles. The number of ether oxygens (including phenoxy) is 1. The van der Waals surface area contributed by atoms with Gasteiger partial charge in [-0.05, 0) is 46.5 Å². The molecule has 0 bridgehead atoms. The van der Waals surface area contributed by atoms with E-state index in [1.165, 1.54) is 0 Å². The third-order valence-corrected chi connectivity index (χ3v) is 3.34. The lowest BCUT2D eigenvalue weighted by molar-refractivity contribution is 0.110. The van der Waals surface area contributed by atoms with Crippen molar-refractivity contribution in [1.29, 1.82) is 0 Å². The minimum atomic E-state index is -0.0286. The average Bonchev–Trinajstić information content (AvgIpc) is 2.37. The van der Waals surface area contributed by atoms with Crippen LogP contribution in [0.1, 0.15) is 33.4 Å². The summed E-state index contributed by atoms with van der Waals surface area (Å²) >= 11 is 0. The molecule has 0 amide bonds. The minimum Gasteiger partial charge on any atom is -0.475 e. The Balaban J connectivity index is 2.43. The van der Waals surface area contributed by atoms with E-state index in [4.69, 9.17) is 4.74 Å². The van der Waals surface area contributed by atoms with Crippen molar-refractivity contribution >= 4 is 0 Å². The lowest BCUT2D eigenvalue weighted by Crippen LogP contribution is -2.43. The summed E-state index contributed by atoms with van der Waals surface area (Å²) < 4.78 is 5.69. The Kier molecular flexibility index (Phi) is 6.36. The maximum Gasteiger partial charge on any atom is 0.233 e. The quantitative estimate of drug-likeness (QED) is 0.788. The standard InChI is InChI=1S/C15H28N4O/c1-12(2)9-16-10-13-7-8-14(18-17-13)20-11-15(3,4)19(5)6/h7-8,12,16H,9-11H2,1-6H3. The van der Waals surface area contributed by atoms with Crippen LogP contribution in [0.25, 0.3) is 0 Å². The third kappa shape index (κ3) is 5.84. The second kappa shape index (κ2) is 7.55. The van der Waals surface area contributed by atoms with Crippen molar-refractivity contribution in [3.05, 3.63) is 17.8 Å². The van der Waals surface area contributed by atoms with Crippen molar-refractivity contribution in [2.75, 3.05) is 27.2 Å². The Bertz CT molecular complexity index is 387. The molecule has 0 saturated heterocycles. The van der Waals surface area contributed by atoms with E-state index in [-0.39, 0.29) is 5.54 Å². The number of rotatable bonds is 8. The van der Waals surface area contributed by atoms with Crippen molar-refractivity contribution in [1.82, 2.24) is 20.4 Å². The van der Waals surface area contributed by atoms with Crippen LogP contribution in [0.4, 0.5) is 0 Å². The van der Waals surface area contributed by atoms with Gasteiger partial charge in [-0.25, -0.2) is 0 Å². The fourth-order valence-corrected chi connectivity index (χ4v) is 1.39. The van der Waals surface area contributed by atoms with E-state index >= 15 is 0 Å². The van der Waals surface area contributed by atoms with Crippen LogP contribution in [0.3, 0.4) is 0 Å². The molecule has 0 fully saturated rings. The summed E-state index contributed by atoms with van der Waals surface area (Å²) in [7, 11) is 4.08. The smallest absolute Gasteiger partial charge is 0.233 e. The number of likely N-dealkylation sites (N-methyl/N-ethyl adjacent to an activating group) is 1. The predicted molar refractivity (Wildman–Crippen MR) is 81.8 cm³/mol. The van der Waals surface area contributed by atoms with Crippen molar-refractivity contribution in [3.63, 3.8) is 0 Å². The lowest BCUT2D eigenvalue weighted by atomic mass is 10.1. The van der Waals surface area contributed by atoms with Gasteiger partial charge in [0, 0.05) is 18.2 Å². The molecule has 0 aliphatic heterocycles. The average molecular weight is 280 g/mol. The maximum absolute atomic E-state index is 5.69. The molecule has 0 aliphatic carbocycles. The first-order valence-electron chi connectivity index (χ1n) is 7.15.